The number of nitrogens with zero attached hydrogens (tertiary/aromatic N) is 2. The predicted molar refractivity (Wildman–Crippen MR) is 86.4 cm³/mol. The van der Waals surface area contributed by atoms with E-state index in [0.29, 0.717) is 11.3 Å². The summed E-state index contributed by atoms with van der Waals surface area (Å²) in [6.07, 6.45) is 3.72. The van der Waals surface area contributed by atoms with Gasteiger partial charge in [-0.15, -0.1) is 0 Å². The maximum Gasteiger partial charge on any atom is 0.241 e. The molecule has 3 aliphatic heterocycles. The van der Waals surface area contributed by atoms with Gasteiger partial charge < -0.3 is 10.2 Å². The number of carbonyl (C=O) groups is 1. The molecule has 3 saturated heterocycles. The van der Waals surface area contributed by atoms with Crippen molar-refractivity contribution in [2.75, 3.05) is 32.7 Å². The molecule has 1 amide bonds. The first-order chi connectivity index (χ1) is 10.7. The second-order valence-electron chi connectivity index (χ2n) is 7.27. The first kappa shape index (κ1) is 14.2. The van der Waals surface area contributed by atoms with Crippen LogP contribution in [0.2, 0.25) is 0 Å². The normalized spacial score (nSPS) is 31.6. The zero-order valence-electron chi connectivity index (χ0n) is 13.1. The van der Waals surface area contributed by atoms with Crippen molar-refractivity contribution >= 4 is 5.91 Å². The maximum absolute atomic E-state index is 12.3. The number of likely N-dealkylation sites (tertiary alicyclic amines) is 2. The predicted octanol–water partition coefficient (Wildman–Crippen LogP) is 1.47. The molecule has 0 saturated carbocycles. The molecule has 3 fully saturated rings. The van der Waals surface area contributed by atoms with Crippen LogP contribution in [0.4, 0.5) is 0 Å². The summed E-state index contributed by atoms with van der Waals surface area (Å²) in [4.78, 5) is 16.9. The second kappa shape index (κ2) is 5.67. The molecule has 118 valence electrons. The Labute approximate surface area is 132 Å². The molecule has 0 aromatic heterocycles. The molecule has 0 radical (unpaired) electrons. The van der Waals surface area contributed by atoms with Crippen molar-refractivity contribution < 1.29 is 4.79 Å². The summed E-state index contributed by atoms with van der Waals surface area (Å²) in [7, 11) is 0. The first-order valence-electron chi connectivity index (χ1n) is 8.53. The number of nitrogens with one attached hydrogen (secondary N) is 1. The lowest BCUT2D eigenvalue weighted by molar-refractivity contribution is -0.130. The summed E-state index contributed by atoms with van der Waals surface area (Å²) >= 11 is 0. The zero-order valence-corrected chi connectivity index (χ0v) is 13.1. The van der Waals surface area contributed by atoms with Crippen LogP contribution in [0, 0.1) is 5.41 Å². The van der Waals surface area contributed by atoms with Gasteiger partial charge >= 0.3 is 0 Å². The third-order valence-corrected chi connectivity index (χ3v) is 5.45. The van der Waals surface area contributed by atoms with Crippen LogP contribution in [0.5, 0.6) is 0 Å². The monoisotopic (exact) mass is 299 g/mol. The highest BCUT2D eigenvalue weighted by Crippen LogP contribution is 2.39. The number of carbonyl (C=O) groups excluding carboxylic acids is 1. The Bertz CT molecular complexity index is 543. The van der Waals surface area contributed by atoms with Crippen LogP contribution in [0.15, 0.2) is 30.3 Å². The van der Waals surface area contributed by atoms with Gasteiger partial charge in [0.15, 0.2) is 0 Å². The standard InChI is InChI=1S/C18H25N3O/c22-17(16-11-19-16)21-10-8-18(14-21)7-4-9-20(13-18)12-15-5-2-1-3-6-15/h1-3,5-6,16,19H,4,7-14H2/t16-,18?/m1/s1. The summed E-state index contributed by atoms with van der Waals surface area (Å²) in [6, 6.07) is 10.9. The van der Waals surface area contributed by atoms with E-state index < -0.39 is 0 Å². The molecule has 1 aromatic rings. The van der Waals surface area contributed by atoms with E-state index >= 15 is 0 Å². The molecule has 3 heterocycles. The molecule has 22 heavy (non-hydrogen) atoms. The van der Waals surface area contributed by atoms with Crippen LogP contribution < -0.4 is 5.32 Å². The van der Waals surface area contributed by atoms with Crippen molar-refractivity contribution in [3.8, 4) is 0 Å². The van der Waals surface area contributed by atoms with E-state index in [2.05, 4.69) is 45.4 Å². The molecule has 4 heteroatoms. The van der Waals surface area contributed by atoms with Crippen LogP contribution in [-0.4, -0.2) is 54.5 Å². The lowest BCUT2D eigenvalue weighted by Gasteiger charge is -2.40. The van der Waals surface area contributed by atoms with E-state index in [9.17, 15) is 4.79 Å². The Morgan fingerprint density at radius 3 is 2.77 bits per heavy atom. The molecule has 2 atom stereocenters. The highest BCUT2D eigenvalue weighted by atomic mass is 16.2. The third-order valence-electron chi connectivity index (χ3n) is 5.45. The maximum atomic E-state index is 12.3. The third kappa shape index (κ3) is 2.90. The van der Waals surface area contributed by atoms with E-state index in [4.69, 9.17) is 0 Å². The summed E-state index contributed by atoms with van der Waals surface area (Å²) < 4.78 is 0. The van der Waals surface area contributed by atoms with Gasteiger partial charge in [0.25, 0.3) is 0 Å². The first-order valence-corrected chi connectivity index (χ1v) is 8.53. The van der Waals surface area contributed by atoms with Gasteiger partial charge in [0.2, 0.25) is 5.91 Å². The summed E-state index contributed by atoms with van der Waals surface area (Å²) in [6.45, 7) is 6.17. The van der Waals surface area contributed by atoms with Crippen molar-refractivity contribution in [1.29, 1.82) is 0 Å². The fourth-order valence-electron chi connectivity index (χ4n) is 4.20. The van der Waals surface area contributed by atoms with Gasteiger partial charge in [-0.3, -0.25) is 9.69 Å². The Morgan fingerprint density at radius 1 is 1.18 bits per heavy atom. The lowest BCUT2D eigenvalue weighted by Crippen LogP contribution is -2.45. The van der Waals surface area contributed by atoms with Gasteiger partial charge in [-0.25, -0.2) is 0 Å². The topological polar surface area (TPSA) is 45.5 Å². The van der Waals surface area contributed by atoms with E-state index in [-0.39, 0.29) is 6.04 Å². The van der Waals surface area contributed by atoms with Crippen LogP contribution in [0.1, 0.15) is 24.8 Å². The van der Waals surface area contributed by atoms with Crippen LogP contribution >= 0.6 is 0 Å². The second-order valence-corrected chi connectivity index (χ2v) is 7.27. The van der Waals surface area contributed by atoms with Crippen molar-refractivity contribution in [3.63, 3.8) is 0 Å². The van der Waals surface area contributed by atoms with Gasteiger partial charge in [-0.2, -0.15) is 0 Å². The Hall–Kier alpha value is -1.39. The van der Waals surface area contributed by atoms with E-state index in [1.54, 1.807) is 0 Å². The highest BCUT2D eigenvalue weighted by Gasteiger charge is 2.45. The number of hydrogen-bond acceptors (Lipinski definition) is 3. The van der Waals surface area contributed by atoms with Crippen molar-refractivity contribution in [3.05, 3.63) is 35.9 Å². The molecule has 1 aromatic carbocycles. The molecule has 0 aliphatic carbocycles. The molecule has 4 nitrogen and oxygen atoms in total. The largest absolute Gasteiger partial charge is 0.341 e. The molecule has 4 rings (SSSR count). The molecular weight excluding hydrogens is 274 g/mol. The van der Waals surface area contributed by atoms with Gasteiger partial charge in [-0.1, -0.05) is 30.3 Å². The lowest BCUT2D eigenvalue weighted by atomic mass is 9.79. The molecule has 1 unspecified atom stereocenters. The highest BCUT2D eigenvalue weighted by molar-refractivity contribution is 5.85. The van der Waals surface area contributed by atoms with Crippen molar-refractivity contribution in [2.24, 2.45) is 5.41 Å². The summed E-state index contributed by atoms with van der Waals surface area (Å²) in [5.41, 5.74) is 1.74. The Kier molecular flexibility index (Phi) is 3.66. The minimum atomic E-state index is 0.124. The minimum Gasteiger partial charge on any atom is -0.341 e. The minimum absolute atomic E-state index is 0.124. The molecule has 3 aliphatic rings. The van der Waals surface area contributed by atoms with Gasteiger partial charge in [0.05, 0.1) is 6.04 Å². The number of rotatable bonds is 3. The molecule has 0 bridgehead atoms. The van der Waals surface area contributed by atoms with Crippen molar-refractivity contribution in [1.82, 2.24) is 15.1 Å². The van der Waals surface area contributed by atoms with E-state index in [1.807, 2.05) is 0 Å². The van der Waals surface area contributed by atoms with Gasteiger partial charge in [0, 0.05) is 38.1 Å². The fraction of sp³-hybridized carbons (Fsp3) is 0.611. The summed E-state index contributed by atoms with van der Waals surface area (Å²) in [5.74, 6) is 0.331. The Morgan fingerprint density at radius 2 is 2.00 bits per heavy atom. The van der Waals surface area contributed by atoms with Crippen LogP contribution in [-0.2, 0) is 11.3 Å². The van der Waals surface area contributed by atoms with Gasteiger partial charge in [0.1, 0.15) is 0 Å². The molecule has 1 spiro atoms. The van der Waals surface area contributed by atoms with Crippen LogP contribution in [0.3, 0.4) is 0 Å². The number of amides is 1. The Balaban J connectivity index is 1.39. The smallest absolute Gasteiger partial charge is 0.241 e. The molecule has 1 N–H and O–H groups in total. The number of hydrogen-bond donors (Lipinski definition) is 1. The molecular formula is C18H25N3O. The van der Waals surface area contributed by atoms with Crippen molar-refractivity contribution in [2.45, 2.75) is 31.8 Å². The summed E-state index contributed by atoms with van der Waals surface area (Å²) in [5, 5.41) is 3.14. The zero-order chi connectivity index (χ0) is 15.0. The fourth-order valence-corrected chi connectivity index (χ4v) is 4.20. The number of benzene rings is 1. The average molecular weight is 299 g/mol. The van der Waals surface area contributed by atoms with E-state index in [1.165, 1.54) is 31.4 Å². The quantitative estimate of drug-likeness (QED) is 0.860. The van der Waals surface area contributed by atoms with E-state index in [0.717, 1.165) is 32.7 Å². The van der Waals surface area contributed by atoms with Crippen LogP contribution in [0.25, 0.3) is 0 Å². The SMILES string of the molecule is O=C([C@H]1CN1)N1CCC2(CCCN(Cc3ccccc3)C2)C1. The average Bonchev–Trinajstić information content (AvgIpc) is 3.31. The van der Waals surface area contributed by atoms with Gasteiger partial charge in [-0.05, 0) is 31.4 Å². The number of piperidine rings is 1.